The lowest BCUT2D eigenvalue weighted by atomic mass is 9.83. The fraction of sp³-hybridized carbons (Fsp3) is 1.00. The summed E-state index contributed by atoms with van der Waals surface area (Å²) in [5, 5.41) is 4.53. The quantitative estimate of drug-likeness (QED) is 0.773. The lowest BCUT2D eigenvalue weighted by Gasteiger charge is -2.30. The van der Waals surface area contributed by atoms with Crippen molar-refractivity contribution in [3.8, 4) is 0 Å². The molecule has 0 saturated heterocycles. The molecular formula is C13H25NS. The van der Waals surface area contributed by atoms with E-state index in [0.29, 0.717) is 0 Å². The van der Waals surface area contributed by atoms with Crippen LogP contribution >= 0.6 is 11.8 Å². The summed E-state index contributed by atoms with van der Waals surface area (Å²) in [5.41, 5.74) is 0. The predicted octanol–water partition coefficient (Wildman–Crippen LogP) is 3.30. The summed E-state index contributed by atoms with van der Waals surface area (Å²) in [7, 11) is 0. The molecule has 2 aliphatic carbocycles. The van der Waals surface area contributed by atoms with Gasteiger partial charge in [0.05, 0.1) is 0 Å². The van der Waals surface area contributed by atoms with E-state index in [9.17, 15) is 0 Å². The standard InChI is InChI=1S/C13H25NS/c1-10(15-2)9-14-13-5-3-4-12(8-13)11-6-7-11/h10-14H,3-9H2,1-2H3. The Bertz CT molecular complexity index is 191. The molecule has 2 aliphatic rings. The van der Waals surface area contributed by atoms with Crippen LogP contribution in [0.4, 0.5) is 0 Å². The van der Waals surface area contributed by atoms with Crippen molar-refractivity contribution in [1.29, 1.82) is 0 Å². The Kier molecular flexibility index (Phi) is 4.39. The SMILES string of the molecule is CSC(C)CNC1CCCC(C2CC2)C1. The fourth-order valence-electron chi connectivity index (χ4n) is 2.82. The van der Waals surface area contributed by atoms with Gasteiger partial charge in [-0.1, -0.05) is 19.8 Å². The van der Waals surface area contributed by atoms with Gasteiger partial charge >= 0.3 is 0 Å². The number of nitrogens with one attached hydrogen (secondary N) is 1. The molecule has 2 saturated carbocycles. The summed E-state index contributed by atoms with van der Waals surface area (Å²) in [6, 6.07) is 0.832. The molecule has 0 bridgehead atoms. The molecule has 1 nitrogen and oxygen atoms in total. The van der Waals surface area contributed by atoms with Gasteiger partial charge in [-0.15, -0.1) is 0 Å². The van der Waals surface area contributed by atoms with Crippen LogP contribution in [0, 0.1) is 11.8 Å². The molecule has 2 heteroatoms. The second kappa shape index (κ2) is 5.58. The first-order valence-corrected chi connectivity index (χ1v) is 7.84. The van der Waals surface area contributed by atoms with Crippen molar-refractivity contribution in [1.82, 2.24) is 5.32 Å². The van der Waals surface area contributed by atoms with Gasteiger partial charge in [0.25, 0.3) is 0 Å². The van der Waals surface area contributed by atoms with Gasteiger partial charge in [0, 0.05) is 17.8 Å². The maximum absolute atomic E-state index is 3.76. The number of hydrogen-bond donors (Lipinski definition) is 1. The van der Waals surface area contributed by atoms with E-state index in [4.69, 9.17) is 0 Å². The third-order valence-electron chi connectivity index (χ3n) is 4.10. The van der Waals surface area contributed by atoms with E-state index in [2.05, 4.69) is 18.5 Å². The molecule has 0 radical (unpaired) electrons. The van der Waals surface area contributed by atoms with Crippen LogP contribution in [0.1, 0.15) is 45.4 Å². The van der Waals surface area contributed by atoms with Crippen LogP contribution in [0.5, 0.6) is 0 Å². The second-order valence-electron chi connectivity index (χ2n) is 5.42. The van der Waals surface area contributed by atoms with E-state index < -0.39 is 0 Å². The van der Waals surface area contributed by atoms with Crippen LogP contribution in [0.3, 0.4) is 0 Å². The first-order chi connectivity index (χ1) is 7.29. The van der Waals surface area contributed by atoms with Crippen molar-refractivity contribution in [2.45, 2.75) is 56.7 Å². The Morgan fingerprint density at radius 1 is 1.20 bits per heavy atom. The van der Waals surface area contributed by atoms with Crippen LogP contribution in [0.2, 0.25) is 0 Å². The molecule has 0 aromatic rings. The van der Waals surface area contributed by atoms with Crippen molar-refractivity contribution in [3.05, 3.63) is 0 Å². The third-order valence-corrected chi connectivity index (χ3v) is 5.07. The van der Waals surface area contributed by atoms with Crippen LogP contribution in [0.25, 0.3) is 0 Å². The smallest absolute Gasteiger partial charge is 0.0141 e. The van der Waals surface area contributed by atoms with Crippen molar-refractivity contribution in [3.63, 3.8) is 0 Å². The second-order valence-corrected chi connectivity index (χ2v) is 6.69. The summed E-state index contributed by atoms with van der Waals surface area (Å²) in [6.45, 7) is 3.52. The molecule has 0 heterocycles. The Morgan fingerprint density at radius 3 is 2.67 bits per heavy atom. The van der Waals surface area contributed by atoms with Crippen LogP contribution in [0.15, 0.2) is 0 Å². The van der Waals surface area contributed by atoms with Crippen LogP contribution < -0.4 is 5.32 Å². The molecule has 2 rings (SSSR count). The van der Waals surface area contributed by atoms with E-state index in [-0.39, 0.29) is 0 Å². The topological polar surface area (TPSA) is 12.0 Å². The molecule has 3 atom stereocenters. The third kappa shape index (κ3) is 3.67. The largest absolute Gasteiger partial charge is 0.313 e. The van der Waals surface area contributed by atoms with Gasteiger partial charge in [-0.25, -0.2) is 0 Å². The maximum Gasteiger partial charge on any atom is 0.0141 e. The normalized spacial score (nSPS) is 34.0. The maximum atomic E-state index is 3.76. The van der Waals surface area contributed by atoms with Gasteiger partial charge < -0.3 is 5.32 Å². The number of hydrogen-bond acceptors (Lipinski definition) is 2. The first kappa shape index (κ1) is 11.8. The molecule has 0 amide bonds. The minimum Gasteiger partial charge on any atom is -0.313 e. The highest BCUT2D eigenvalue weighted by Crippen LogP contribution is 2.43. The Labute approximate surface area is 98.8 Å². The highest BCUT2D eigenvalue weighted by Gasteiger charge is 2.34. The van der Waals surface area contributed by atoms with Crippen molar-refractivity contribution >= 4 is 11.8 Å². The Balaban J connectivity index is 1.67. The summed E-state index contributed by atoms with van der Waals surface area (Å²) in [5.74, 6) is 2.19. The van der Waals surface area contributed by atoms with Gasteiger partial charge in [-0.05, 0) is 43.8 Å². The summed E-state index contributed by atoms with van der Waals surface area (Å²) < 4.78 is 0. The molecule has 2 fully saturated rings. The van der Waals surface area contributed by atoms with E-state index in [1.807, 2.05) is 11.8 Å². The Hall–Kier alpha value is 0.310. The highest BCUT2D eigenvalue weighted by molar-refractivity contribution is 7.99. The molecule has 0 spiro atoms. The zero-order valence-electron chi connectivity index (χ0n) is 10.2. The van der Waals surface area contributed by atoms with E-state index in [1.165, 1.54) is 45.1 Å². The highest BCUT2D eigenvalue weighted by atomic mass is 32.2. The van der Waals surface area contributed by atoms with Crippen molar-refractivity contribution in [2.24, 2.45) is 11.8 Å². The van der Waals surface area contributed by atoms with Gasteiger partial charge in [-0.2, -0.15) is 11.8 Å². The Morgan fingerprint density at radius 2 is 2.00 bits per heavy atom. The minimum absolute atomic E-state index is 0.770. The summed E-state index contributed by atoms with van der Waals surface area (Å²) in [6.07, 6.45) is 11.1. The van der Waals surface area contributed by atoms with Crippen molar-refractivity contribution < 1.29 is 0 Å². The molecule has 0 aromatic heterocycles. The number of thioether (sulfide) groups is 1. The summed E-state index contributed by atoms with van der Waals surface area (Å²) in [4.78, 5) is 0. The van der Waals surface area contributed by atoms with Crippen molar-refractivity contribution in [2.75, 3.05) is 12.8 Å². The van der Waals surface area contributed by atoms with E-state index in [1.54, 1.807) is 0 Å². The van der Waals surface area contributed by atoms with E-state index in [0.717, 1.165) is 23.1 Å². The van der Waals surface area contributed by atoms with Crippen LogP contribution in [-0.2, 0) is 0 Å². The lowest BCUT2D eigenvalue weighted by molar-refractivity contribution is 0.262. The van der Waals surface area contributed by atoms with Gasteiger partial charge in [0.15, 0.2) is 0 Å². The van der Waals surface area contributed by atoms with Gasteiger partial charge in [0.1, 0.15) is 0 Å². The average molecular weight is 227 g/mol. The van der Waals surface area contributed by atoms with Gasteiger partial charge in [0.2, 0.25) is 0 Å². The molecule has 1 N–H and O–H groups in total. The summed E-state index contributed by atoms with van der Waals surface area (Å²) >= 11 is 1.97. The average Bonchev–Trinajstić information content (AvgIpc) is 3.10. The molecule has 88 valence electrons. The zero-order chi connectivity index (χ0) is 10.7. The molecule has 15 heavy (non-hydrogen) atoms. The lowest BCUT2D eigenvalue weighted by Crippen LogP contribution is -2.37. The molecule has 3 unspecified atom stereocenters. The monoisotopic (exact) mass is 227 g/mol. The van der Waals surface area contributed by atoms with Crippen LogP contribution in [-0.4, -0.2) is 24.1 Å². The molecule has 0 aromatic carbocycles. The predicted molar refractivity (Wildman–Crippen MR) is 69.4 cm³/mol. The number of rotatable bonds is 5. The molecular weight excluding hydrogens is 202 g/mol. The fourth-order valence-corrected chi connectivity index (χ4v) is 3.09. The van der Waals surface area contributed by atoms with Gasteiger partial charge in [-0.3, -0.25) is 0 Å². The van der Waals surface area contributed by atoms with E-state index >= 15 is 0 Å². The minimum atomic E-state index is 0.770. The first-order valence-electron chi connectivity index (χ1n) is 6.55. The molecule has 0 aliphatic heterocycles. The zero-order valence-corrected chi connectivity index (χ0v) is 11.0.